The van der Waals surface area contributed by atoms with E-state index < -0.39 is 12.0 Å². The van der Waals surface area contributed by atoms with Crippen LogP contribution in [0.15, 0.2) is 4.99 Å². The van der Waals surface area contributed by atoms with Gasteiger partial charge in [-0.2, -0.15) is 16.8 Å². The molecule has 86 valence electrons. The Bertz CT molecular complexity index is 247. The summed E-state index contributed by atoms with van der Waals surface area (Å²) in [6.45, 7) is 4.03. The van der Waals surface area contributed by atoms with Gasteiger partial charge < -0.3 is 5.11 Å². The van der Waals surface area contributed by atoms with Gasteiger partial charge in [0.1, 0.15) is 0 Å². The Kier molecular flexibility index (Phi) is 6.29. The van der Waals surface area contributed by atoms with Crippen molar-refractivity contribution in [3.05, 3.63) is 0 Å². The molecule has 0 aliphatic heterocycles. The van der Waals surface area contributed by atoms with Crippen LogP contribution in [0, 0.1) is 0 Å². The van der Waals surface area contributed by atoms with Gasteiger partial charge in [-0.1, -0.05) is 13.8 Å². The van der Waals surface area contributed by atoms with Gasteiger partial charge in [-0.3, -0.25) is 0 Å². The molecule has 0 aliphatic rings. The van der Waals surface area contributed by atoms with Crippen LogP contribution in [0.2, 0.25) is 0 Å². The molecule has 15 heavy (non-hydrogen) atoms. The van der Waals surface area contributed by atoms with Crippen LogP contribution in [-0.2, 0) is 9.59 Å². The average molecular weight is 231 g/mol. The monoisotopic (exact) mass is 231 g/mol. The van der Waals surface area contributed by atoms with Crippen LogP contribution in [0.4, 0.5) is 0 Å². The number of thioether (sulfide) groups is 1. The van der Waals surface area contributed by atoms with Gasteiger partial charge in [0.15, 0.2) is 6.04 Å². The van der Waals surface area contributed by atoms with E-state index in [0.29, 0.717) is 6.42 Å². The fourth-order valence-electron chi connectivity index (χ4n) is 1.51. The SMILES string of the molecule is CCC(CC)(CC(N=C=O)C(=O)O)SC. The van der Waals surface area contributed by atoms with Gasteiger partial charge in [0.2, 0.25) is 6.08 Å². The van der Waals surface area contributed by atoms with E-state index in [1.54, 1.807) is 11.8 Å². The number of rotatable bonds is 7. The van der Waals surface area contributed by atoms with Gasteiger partial charge in [-0.25, -0.2) is 9.59 Å². The Morgan fingerprint density at radius 3 is 2.33 bits per heavy atom. The first-order valence-corrected chi connectivity index (χ1v) is 6.12. The molecule has 0 saturated carbocycles. The molecule has 1 atom stereocenters. The number of nitrogens with zero attached hydrogens (tertiary/aromatic N) is 1. The third-order valence-electron chi connectivity index (χ3n) is 2.78. The van der Waals surface area contributed by atoms with Crippen molar-refractivity contribution in [2.75, 3.05) is 6.26 Å². The lowest BCUT2D eigenvalue weighted by atomic mass is 9.94. The molecule has 0 aliphatic carbocycles. The topological polar surface area (TPSA) is 66.7 Å². The van der Waals surface area contributed by atoms with Crippen LogP contribution < -0.4 is 0 Å². The summed E-state index contributed by atoms with van der Waals surface area (Å²) >= 11 is 1.64. The lowest BCUT2D eigenvalue weighted by Crippen LogP contribution is -2.32. The number of aliphatic imine (C=N–C) groups is 1. The number of carboxylic acids is 1. The van der Waals surface area contributed by atoms with Crippen molar-refractivity contribution in [1.29, 1.82) is 0 Å². The first kappa shape index (κ1) is 14.2. The number of hydrogen-bond acceptors (Lipinski definition) is 4. The van der Waals surface area contributed by atoms with E-state index in [1.165, 1.54) is 6.08 Å². The predicted octanol–water partition coefficient (Wildman–Crippen LogP) is 2.09. The van der Waals surface area contributed by atoms with Crippen LogP contribution in [0.25, 0.3) is 0 Å². The molecule has 0 spiro atoms. The number of carbonyl (C=O) groups excluding carboxylic acids is 1. The first-order valence-electron chi connectivity index (χ1n) is 4.90. The van der Waals surface area contributed by atoms with E-state index in [4.69, 9.17) is 5.11 Å². The molecule has 0 aromatic carbocycles. The van der Waals surface area contributed by atoms with Crippen LogP contribution >= 0.6 is 11.8 Å². The smallest absolute Gasteiger partial charge is 0.329 e. The van der Waals surface area contributed by atoms with Crippen molar-refractivity contribution in [2.24, 2.45) is 4.99 Å². The average Bonchev–Trinajstić information content (AvgIpc) is 2.24. The molecule has 0 fully saturated rings. The summed E-state index contributed by atoms with van der Waals surface area (Å²) in [6.07, 6.45) is 5.39. The van der Waals surface area contributed by atoms with Crippen molar-refractivity contribution in [1.82, 2.24) is 0 Å². The third-order valence-corrected chi connectivity index (χ3v) is 4.39. The second-order valence-electron chi connectivity index (χ2n) is 3.37. The molecule has 0 saturated heterocycles. The summed E-state index contributed by atoms with van der Waals surface area (Å²) < 4.78 is -0.108. The fourth-order valence-corrected chi connectivity index (χ4v) is 2.42. The summed E-state index contributed by atoms with van der Waals surface area (Å²) in [5, 5.41) is 8.87. The van der Waals surface area contributed by atoms with Gasteiger partial charge in [0.25, 0.3) is 0 Å². The Labute approximate surface area is 94.2 Å². The van der Waals surface area contributed by atoms with Crippen molar-refractivity contribution < 1.29 is 14.7 Å². The van der Waals surface area contributed by atoms with Crippen molar-refractivity contribution in [2.45, 2.75) is 43.9 Å². The zero-order valence-corrected chi connectivity index (χ0v) is 10.1. The highest BCUT2D eigenvalue weighted by molar-refractivity contribution is 8.00. The van der Waals surface area contributed by atoms with Gasteiger partial charge in [-0.15, -0.1) is 0 Å². The minimum absolute atomic E-state index is 0.108. The van der Waals surface area contributed by atoms with Crippen molar-refractivity contribution in [3.63, 3.8) is 0 Å². The normalized spacial score (nSPS) is 13.0. The fraction of sp³-hybridized carbons (Fsp3) is 0.800. The number of carbonyl (C=O) groups is 1. The maximum Gasteiger partial charge on any atom is 0.329 e. The number of carboxylic acid groups (broad SMARTS) is 1. The lowest BCUT2D eigenvalue weighted by Gasteiger charge is -2.30. The second-order valence-corrected chi connectivity index (χ2v) is 4.65. The van der Waals surface area contributed by atoms with Crippen LogP contribution in [0.3, 0.4) is 0 Å². The molecule has 0 radical (unpaired) electrons. The summed E-state index contributed by atoms with van der Waals surface area (Å²) in [5.41, 5.74) is 0. The van der Waals surface area contributed by atoms with Gasteiger partial charge >= 0.3 is 5.97 Å². The molecule has 0 amide bonds. The lowest BCUT2D eigenvalue weighted by molar-refractivity contribution is -0.138. The molecular formula is C10H17NO3S. The molecule has 0 bridgehead atoms. The maximum absolute atomic E-state index is 10.8. The highest BCUT2D eigenvalue weighted by Gasteiger charge is 2.32. The van der Waals surface area contributed by atoms with E-state index in [-0.39, 0.29) is 4.75 Å². The maximum atomic E-state index is 10.8. The molecule has 0 aromatic heterocycles. The molecule has 5 heteroatoms. The van der Waals surface area contributed by atoms with Crippen molar-refractivity contribution >= 4 is 23.8 Å². The first-order chi connectivity index (χ1) is 7.05. The molecule has 1 unspecified atom stereocenters. The minimum Gasteiger partial charge on any atom is -0.480 e. The Morgan fingerprint density at radius 1 is 1.53 bits per heavy atom. The highest BCUT2D eigenvalue weighted by atomic mass is 32.2. The summed E-state index contributed by atoms with van der Waals surface area (Å²) in [4.78, 5) is 24.3. The van der Waals surface area contributed by atoms with Crippen LogP contribution in [0.1, 0.15) is 33.1 Å². The standard InChI is InChI=1S/C10H17NO3S/c1-4-10(5-2,15-3)6-8(9(13)14)11-7-12/h8H,4-6H2,1-3H3,(H,13,14). The van der Waals surface area contributed by atoms with Gasteiger partial charge in [-0.05, 0) is 25.5 Å². The summed E-state index contributed by atoms with van der Waals surface area (Å²) in [6, 6.07) is -0.963. The summed E-state index contributed by atoms with van der Waals surface area (Å²) in [5.74, 6) is -1.06. The minimum atomic E-state index is -1.06. The highest BCUT2D eigenvalue weighted by Crippen LogP contribution is 2.35. The Hall–Kier alpha value is -0.800. The Morgan fingerprint density at radius 2 is 2.07 bits per heavy atom. The van der Waals surface area contributed by atoms with Crippen LogP contribution in [-0.4, -0.2) is 34.2 Å². The molecule has 0 rings (SSSR count). The zero-order valence-electron chi connectivity index (χ0n) is 9.32. The number of aliphatic carboxylic acids is 1. The van der Waals surface area contributed by atoms with E-state index in [2.05, 4.69) is 4.99 Å². The zero-order chi connectivity index (χ0) is 11.9. The number of hydrogen-bond donors (Lipinski definition) is 1. The molecule has 1 N–H and O–H groups in total. The van der Waals surface area contributed by atoms with Crippen LogP contribution in [0.5, 0.6) is 0 Å². The second kappa shape index (κ2) is 6.64. The number of isocyanates is 1. The van der Waals surface area contributed by atoms with E-state index >= 15 is 0 Å². The van der Waals surface area contributed by atoms with Gasteiger partial charge in [0.05, 0.1) is 0 Å². The molecule has 0 aromatic rings. The molecule has 0 heterocycles. The van der Waals surface area contributed by atoms with Gasteiger partial charge in [0, 0.05) is 4.75 Å². The largest absolute Gasteiger partial charge is 0.480 e. The quantitative estimate of drug-likeness (QED) is 0.538. The van der Waals surface area contributed by atoms with Crippen molar-refractivity contribution in [3.8, 4) is 0 Å². The molecule has 4 nitrogen and oxygen atoms in total. The van der Waals surface area contributed by atoms with E-state index in [0.717, 1.165) is 12.8 Å². The molecular weight excluding hydrogens is 214 g/mol. The Balaban J connectivity index is 4.75. The third kappa shape index (κ3) is 4.06. The van der Waals surface area contributed by atoms with E-state index in [9.17, 15) is 9.59 Å². The summed E-state index contributed by atoms with van der Waals surface area (Å²) in [7, 11) is 0. The van der Waals surface area contributed by atoms with E-state index in [1.807, 2.05) is 20.1 Å². The predicted molar refractivity (Wildman–Crippen MR) is 61.0 cm³/mol.